The Hall–Kier alpha value is -3.45. The normalized spacial score (nSPS) is 12.2. The third-order valence-electron chi connectivity index (χ3n) is 5.22. The highest BCUT2D eigenvalue weighted by Gasteiger charge is 2.16. The van der Waals surface area contributed by atoms with Crippen LogP contribution in [0.25, 0.3) is 11.3 Å². The number of hydrazine groups is 1. The van der Waals surface area contributed by atoms with Crippen molar-refractivity contribution >= 4 is 22.2 Å². The van der Waals surface area contributed by atoms with Gasteiger partial charge in [-0.05, 0) is 49.7 Å². The van der Waals surface area contributed by atoms with Crippen LogP contribution >= 0.6 is 11.3 Å². The number of hydrogen-bond donors (Lipinski definition) is 2. The molecule has 3 heterocycles. The van der Waals surface area contributed by atoms with Gasteiger partial charge in [-0.3, -0.25) is 10.9 Å². The van der Waals surface area contributed by atoms with Gasteiger partial charge in [0.1, 0.15) is 0 Å². The Balaban J connectivity index is 1.34. The van der Waals surface area contributed by atoms with Crippen LogP contribution in [0.4, 0.5) is 10.8 Å². The molecule has 152 valence electrons. The van der Waals surface area contributed by atoms with Gasteiger partial charge in [-0.25, -0.2) is 4.98 Å². The van der Waals surface area contributed by atoms with E-state index in [0.717, 1.165) is 40.1 Å². The van der Waals surface area contributed by atoms with Crippen molar-refractivity contribution in [3.8, 4) is 22.8 Å². The molecule has 5 rings (SSSR count). The van der Waals surface area contributed by atoms with Gasteiger partial charge < -0.3 is 14.0 Å². The van der Waals surface area contributed by atoms with E-state index in [1.165, 1.54) is 17.0 Å². The second-order valence-corrected chi connectivity index (χ2v) is 8.07. The Morgan fingerprint density at radius 3 is 2.70 bits per heavy atom. The molecule has 0 aliphatic carbocycles. The molecule has 4 aromatic rings. The zero-order valence-electron chi connectivity index (χ0n) is 16.8. The number of rotatable bonds is 6. The molecule has 7 heteroatoms. The molecule has 1 aliphatic rings. The summed E-state index contributed by atoms with van der Waals surface area (Å²) in [6.07, 6.45) is 0. The Bertz CT molecular complexity index is 1180. The SMILES string of the molecule is Cc1cc(-c2csc(NNc3ccccc3)n2)c(C)n1Cc1ccc2c(c1)OCO2. The number of aromatic nitrogens is 2. The topological polar surface area (TPSA) is 60.3 Å². The van der Waals surface area contributed by atoms with Gasteiger partial charge in [-0.15, -0.1) is 11.3 Å². The van der Waals surface area contributed by atoms with Crippen molar-refractivity contribution in [3.63, 3.8) is 0 Å². The van der Waals surface area contributed by atoms with E-state index in [2.05, 4.69) is 52.8 Å². The number of thiazole rings is 1. The van der Waals surface area contributed by atoms with Crippen molar-refractivity contribution in [2.45, 2.75) is 20.4 Å². The fourth-order valence-electron chi connectivity index (χ4n) is 3.63. The lowest BCUT2D eigenvalue weighted by Gasteiger charge is -2.10. The molecule has 0 spiro atoms. The van der Waals surface area contributed by atoms with E-state index in [4.69, 9.17) is 14.5 Å². The molecule has 0 radical (unpaired) electrons. The van der Waals surface area contributed by atoms with Crippen molar-refractivity contribution in [1.29, 1.82) is 0 Å². The second kappa shape index (κ2) is 7.76. The van der Waals surface area contributed by atoms with Crippen LogP contribution in [0.2, 0.25) is 0 Å². The molecule has 6 nitrogen and oxygen atoms in total. The van der Waals surface area contributed by atoms with E-state index in [-0.39, 0.29) is 0 Å². The van der Waals surface area contributed by atoms with Crippen LogP contribution in [0.5, 0.6) is 11.5 Å². The zero-order valence-corrected chi connectivity index (χ0v) is 17.6. The number of hydrogen-bond acceptors (Lipinski definition) is 6. The van der Waals surface area contributed by atoms with Crippen molar-refractivity contribution in [2.75, 3.05) is 17.6 Å². The van der Waals surface area contributed by atoms with Crippen molar-refractivity contribution < 1.29 is 9.47 Å². The lowest BCUT2D eigenvalue weighted by Crippen LogP contribution is -2.07. The minimum atomic E-state index is 0.295. The van der Waals surface area contributed by atoms with E-state index >= 15 is 0 Å². The Morgan fingerprint density at radius 1 is 1.00 bits per heavy atom. The minimum absolute atomic E-state index is 0.295. The van der Waals surface area contributed by atoms with Gasteiger partial charge in [0, 0.05) is 28.9 Å². The molecule has 2 aromatic carbocycles. The summed E-state index contributed by atoms with van der Waals surface area (Å²) in [7, 11) is 0. The van der Waals surface area contributed by atoms with Gasteiger partial charge in [0.25, 0.3) is 0 Å². The van der Waals surface area contributed by atoms with Crippen LogP contribution < -0.4 is 20.3 Å². The predicted molar refractivity (Wildman–Crippen MR) is 120 cm³/mol. The summed E-state index contributed by atoms with van der Waals surface area (Å²) in [6.45, 7) is 5.35. The second-order valence-electron chi connectivity index (χ2n) is 7.21. The quantitative estimate of drug-likeness (QED) is 0.408. The van der Waals surface area contributed by atoms with E-state index in [1.807, 2.05) is 36.4 Å². The number of nitrogens with zero attached hydrogens (tertiary/aromatic N) is 2. The minimum Gasteiger partial charge on any atom is -0.454 e. The van der Waals surface area contributed by atoms with Crippen LogP contribution in [0.15, 0.2) is 60.0 Å². The number of benzene rings is 2. The van der Waals surface area contributed by atoms with Gasteiger partial charge in [0.2, 0.25) is 11.9 Å². The summed E-state index contributed by atoms with van der Waals surface area (Å²) >= 11 is 1.58. The summed E-state index contributed by atoms with van der Waals surface area (Å²) < 4.78 is 13.2. The molecule has 0 atom stereocenters. The number of para-hydroxylation sites is 1. The average Bonchev–Trinajstić information content (AvgIpc) is 3.48. The fourth-order valence-corrected chi connectivity index (χ4v) is 4.29. The van der Waals surface area contributed by atoms with Crippen LogP contribution in [-0.2, 0) is 6.54 Å². The first-order valence-corrected chi connectivity index (χ1v) is 10.6. The highest BCUT2D eigenvalue weighted by molar-refractivity contribution is 7.14. The van der Waals surface area contributed by atoms with E-state index in [9.17, 15) is 0 Å². The van der Waals surface area contributed by atoms with E-state index < -0.39 is 0 Å². The smallest absolute Gasteiger partial charge is 0.231 e. The maximum Gasteiger partial charge on any atom is 0.231 e. The summed E-state index contributed by atoms with van der Waals surface area (Å²) in [5, 5.41) is 2.91. The highest BCUT2D eigenvalue weighted by atomic mass is 32.1. The van der Waals surface area contributed by atoms with Crippen LogP contribution in [0.3, 0.4) is 0 Å². The lowest BCUT2D eigenvalue weighted by atomic mass is 10.2. The summed E-state index contributed by atoms with van der Waals surface area (Å²) in [4.78, 5) is 4.76. The molecule has 0 bridgehead atoms. The van der Waals surface area contributed by atoms with Gasteiger partial charge in [-0.2, -0.15) is 0 Å². The number of nitrogens with one attached hydrogen (secondary N) is 2. The van der Waals surface area contributed by atoms with E-state index in [1.54, 1.807) is 11.3 Å². The van der Waals surface area contributed by atoms with Crippen molar-refractivity contribution in [3.05, 3.63) is 76.9 Å². The van der Waals surface area contributed by atoms with Gasteiger partial charge in [0.05, 0.1) is 11.4 Å². The maximum atomic E-state index is 5.52. The third-order valence-corrected chi connectivity index (χ3v) is 5.98. The molecular weight excluding hydrogens is 396 g/mol. The standard InChI is InChI=1S/C23H22N4O2S/c1-15-10-19(20-13-30-23(24-20)26-25-18-6-4-3-5-7-18)16(2)27(15)12-17-8-9-21-22(11-17)29-14-28-21/h3-11,13,25H,12,14H2,1-2H3,(H,24,26). The number of ether oxygens (including phenoxy) is 2. The molecule has 0 fully saturated rings. The summed E-state index contributed by atoms with van der Waals surface area (Å²) in [5.74, 6) is 1.63. The van der Waals surface area contributed by atoms with Gasteiger partial charge in [-0.1, -0.05) is 24.3 Å². The number of anilines is 2. The molecule has 2 N–H and O–H groups in total. The van der Waals surface area contributed by atoms with Crippen LogP contribution in [0, 0.1) is 13.8 Å². The molecular formula is C23H22N4O2S. The molecule has 0 saturated heterocycles. The van der Waals surface area contributed by atoms with Crippen molar-refractivity contribution in [1.82, 2.24) is 9.55 Å². The number of fused-ring (bicyclic) bond motifs is 1. The summed E-state index contributed by atoms with van der Waals surface area (Å²) in [5.41, 5.74) is 13.1. The molecule has 2 aromatic heterocycles. The van der Waals surface area contributed by atoms with Gasteiger partial charge in [0.15, 0.2) is 11.5 Å². The molecule has 30 heavy (non-hydrogen) atoms. The Morgan fingerprint density at radius 2 is 1.83 bits per heavy atom. The third kappa shape index (κ3) is 3.59. The lowest BCUT2D eigenvalue weighted by molar-refractivity contribution is 0.174. The predicted octanol–water partition coefficient (Wildman–Crippen LogP) is 5.44. The van der Waals surface area contributed by atoms with Crippen molar-refractivity contribution in [2.24, 2.45) is 0 Å². The first kappa shape index (κ1) is 18.6. The van der Waals surface area contributed by atoms with Crippen LogP contribution in [-0.4, -0.2) is 16.3 Å². The van der Waals surface area contributed by atoms with Gasteiger partial charge >= 0.3 is 0 Å². The maximum absolute atomic E-state index is 5.52. The first-order chi connectivity index (χ1) is 14.7. The molecule has 1 aliphatic heterocycles. The molecule has 0 amide bonds. The largest absolute Gasteiger partial charge is 0.454 e. The van der Waals surface area contributed by atoms with E-state index in [0.29, 0.717) is 6.79 Å². The Kier molecular flexibility index (Phi) is 4.80. The fraction of sp³-hybridized carbons (Fsp3) is 0.174. The summed E-state index contributed by atoms with van der Waals surface area (Å²) in [6, 6.07) is 18.3. The Labute approximate surface area is 179 Å². The monoisotopic (exact) mass is 418 g/mol. The molecule has 0 saturated carbocycles. The average molecular weight is 419 g/mol. The zero-order chi connectivity index (χ0) is 20.5. The number of aryl methyl sites for hydroxylation is 1. The highest BCUT2D eigenvalue weighted by Crippen LogP contribution is 2.34. The molecule has 0 unspecified atom stereocenters. The van der Waals surface area contributed by atoms with Crippen LogP contribution in [0.1, 0.15) is 17.0 Å². The first-order valence-electron chi connectivity index (χ1n) is 9.75.